The fourth-order valence-electron chi connectivity index (χ4n) is 3.34. The topological polar surface area (TPSA) is 12.0 Å². The van der Waals surface area contributed by atoms with E-state index in [0.29, 0.717) is 6.04 Å². The maximum atomic E-state index is 6.20. The monoisotopic (exact) mass is 319 g/mol. The molecule has 3 heteroatoms. The predicted molar refractivity (Wildman–Crippen MR) is 92.3 cm³/mol. The van der Waals surface area contributed by atoms with Crippen molar-refractivity contribution in [2.75, 3.05) is 0 Å². The Morgan fingerprint density at radius 1 is 1.29 bits per heavy atom. The Kier molecular flexibility index (Phi) is 3.89. The number of aryl methyl sites for hydroxylation is 2. The first kappa shape index (κ1) is 15.1. The van der Waals surface area contributed by atoms with E-state index in [9.17, 15) is 0 Å². The molecule has 0 aliphatic heterocycles. The summed E-state index contributed by atoms with van der Waals surface area (Å²) in [7, 11) is 0. The van der Waals surface area contributed by atoms with E-state index in [1.165, 1.54) is 26.4 Å². The molecular formula is C18H22ClNS. The summed E-state index contributed by atoms with van der Waals surface area (Å²) in [4.78, 5) is 2.83. The molecule has 0 saturated carbocycles. The second kappa shape index (κ2) is 5.42. The van der Waals surface area contributed by atoms with E-state index in [1.54, 1.807) is 0 Å². The van der Waals surface area contributed by atoms with Gasteiger partial charge in [0.25, 0.3) is 0 Å². The third kappa shape index (κ3) is 2.90. The highest BCUT2D eigenvalue weighted by atomic mass is 35.5. The van der Waals surface area contributed by atoms with E-state index >= 15 is 0 Å². The van der Waals surface area contributed by atoms with Crippen molar-refractivity contribution < 1.29 is 0 Å². The summed E-state index contributed by atoms with van der Waals surface area (Å²) in [5.74, 6) is 0. The second-order valence-corrected chi connectivity index (χ2v) is 8.55. The van der Waals surface area contributed by atoms with Gasteiger partial charge in [0.2, 0.25) is 0 Å². The Bertz CT molecular complexity index is 652. The first-order chi connectivity index (χ1) is 9.87. The number of rotatable bonds is 3. The Balaban J connectivity index is 1.82. The second-order valence-electron chi connectivity index (χ2n) is 6.77. The summed E-state index contributed by atoms with van der Waals surface area (Å²) in [6.07, 6.45) is 1.11. The minimum absolute atomic E-state index is 0.231. The maximum absolute atomic E-state index is 6.20. The molecule has 1 aliphatic carbocycles. The van der Waals surface area contributed by atoms with Crippen molar-refractivity contribution in [1.82, 2.24) is 5.32 Å². The zero-order valence-electron chi connectivity index (χ0n) is 13.1. The van der Waals surface area contributed by atoms with Gasteiger partial charge in [-0.1, -0.05) is 31.5 Å². The molecule has 0 bridgehead atoms. The Morgan fingerprint density at radius 2 is 2.05 bits per heavy atom. The molecule has 2 aromatic rings. The Morgan fingerprint density at radius 3 is 2.71 bits per heavy atom. The van der Waals surface area contributed by atoms with Crippen LogP contribution in [0.25, 0.3) is 0 Å². The number of fused-ring (bicyclic) bond motifs is 1. The Labute approximate surface area is 136 Å². The van der Waals surface area contributed by atoms with Crippen LogP contribution in [0.3, 0.4) is 0 Å². The Hall–Kier alpha value is -0.830. The summed E-state index contributed by atoms with van der Waals surface area (Å²) in [5, 5.41) is 4.60. The summed E-state index contributed by atoms with van der Waals surface area (Å²) >= 11 is 8.09. The van der Waals surface area contributed by atoms with Crippen molar-refractivity contribution in [3.8, 4) is 0 Å². The van der Waals surface area contributed by atoms with Gasteiger partial charge in [0.15, 0.2) is 0 Å². The van der Waals surface area contributed by atoms with E-state index in [2.05, 4.69) is 51.2 Å². The molecule has 112 valence electrons. The van der Waals surface area contributed by atoms with E-state index in [-0.39, 0.29) is 5.41 Å². The molecule has 1 aromatic heterocycles. The van der Waals surface area contributed by atoms with Crippen LogP contribution in [0.5, 0.6) is 0 Å². The first-order valence-electron chi connectivity index (χ1n) is 7.44. The molecule has 1 aromatic carbocycles. The fraction of sp³-hybridized carbons (Fsp3) is 0.444. The van der Waals surface area contributed by atoms with Gasteiger partial charge in [-0.2, -0.15) is 0 Å². The summed E-state index contributed by atoms with van der Waals surface area (Å²) in [6.45, 7) is 9.98. The summed E-state index contributed by atoms with van der Waals surface area (Å²) in [5.41, 5.74) is 4.43. The number of nitrogens with one attached hydrogen (secondary N) is 1. The molecule has 0 spiro atoms. The molecule has 0 fully saturated rings. The van der Waals surface area contributed by atoms with Gasteiger partial charge in [-0.05, 0) is 60.6 Å². The standard InChI is InChI=1S/C18H22ClNS/c1-11-7-15(21-12(11)2)10-20-17-16-8-14(19)6-5-13(16)9-18(17,3)4/h5-8,17,20H,9-10H2,1-4H3. The number of benzene rings is 1. The van der Waals surface area contributed by atoms with E-state index < -0.39 is 0 Å². The van der Waals surface area contributed by atoms with Crippen LogP contribution in [0.2, 0.25) is 5.02 Å². The molecule has 1 atom stereocenters. The van der Waals surface area contributed by atoms with Crippen LogP contribution in [0.15, 0.2) is 24.3 Å². The average Bonchev–Trinajstić information content (AvgIpc) is 2.83. The molecular weight excluding hydrogens is 298 g/mol. The van der Waals surface area contributed by atoms with Crippen LogP contribution in [0, 0.1) is 19.3 Å². The smallest absolute Gasteiger partial charge is 0.0409 e. The van der Waals surface area contributed by atoms with Gasteiger partial charge >= 0.3 is 0 Å². The maximum Gasteiger partial charge on any atom is 0.0409 e. The minimum atomic E-state index is 0.231. The highest BCUT2D eigenvalue weighted by molar-refractivity contribution is 7.12. The first-order valence-corrected chi connectivity index (χ1v) is 8.64. The van der Waals surface area contributed by atoms with E-state index in [0.717, 1.165) is 18.0 Å². The fourth-order valence-corrected chi connectivity index (χ4v) is 4.52. The van der Waals surface area contributed by atoms with Crippen LogP contribution in [0.4, 0.5) is 0 Å². The van der Waals surface area contributed by atoms with E-state index in [1.807, 2.05) is 17.4 Å². The molecule has 1 aliphatic rings. The van der Waals surface area contributed by atoms with Crippen molar-refractivity contribution >= 4 is 22.9 Å². The SMILES string of the molecule is Cc1cc(CNC2c3cc(Cl)ccc3CC2(C)C)sc1C. The lowest BCUT2D eigenvalue weighted by Crippen LogP contribution is -2.30. The number of hydrogen-bond acceptors (Lipinski definition) is 2. The molecule has 1 unspecified atom stereocenters. The lowest BCUT2D eigenvalue weighted by molar-refractivity contribution is 0.268. The van der Waals surface area contributed by atoms with Crippen LogP contribution in [0.1, 0.15) is 46.3 Å². The van der Waals surface area contributed by atoms with Gasteiger partial charge in [0.1, 0.15) is 0 Å². The lowest BCUT2D eigenvalue weighted by Gasteiger charge is -2.28. The largest absolute Gasteiger partial charge is 0.305 e. The van der Waals surface area contributed by atoms with Crippen molar-refractivity contribution in [1.29, 1.82) is 0 Å². The third-order valence-corrected chi connectivity index (χ3v) is 5.93. The quantitative estimate of drug-likeness (QED) is 0.795. The van der Waals surface area contributed by atoms with Crippen LogP contribution in [-0.2, 0) is 13.0 Å². The molecule has 0 saturated heterocycles. The van der Waals surface area contributed by atoms with E-state index in [4.69, 9.17) is 11.6 Å². The summed E-state index contributed by atoms with van der Waals surface area (Å²) in [6, 6.07) is 8.99. The van der Waals surface area contributed by atoms with Crippen molar-refractivity contribution in [2.24, 2.45) is 5.41 Å². The minimum Gasteiger partial charge on any atom is -0.305 e. The van der Waals surface area contributed by atoms with Gasteiger partial charge in [0.05, 0.1) is 0 Å². The highest BCUT2D eigenvalue weighted by Crippen LogP contribution is 2.46. The van der Waals surface area contributed by atoms with Gasteiger partial charge in [0, 0.05) is 27.4 Å². The molecule has 0 radical (unpaired) electrons. The third-order valence-electron chi connectivity index (χ3n) is 4.54. The van der Waals surface area contributed by atoms with Gasteiger partial charge in [-0.3, -0.25) is 0 Å². The van der Waals surface area contributed by atoms with Gasteiger partial charge in [-0.15, -0.1) is 11.3 Å². The lowest BCUT2D eigenvalue weighted by atomic mass is 9.85. The van der Waals surface area contributed by atoms with Crippen molar-refractivity contribution in [3.63, 3.8) is 0 Å². The zero-order chi connectivity index (χ0) is 15.2. The van der Waals surface area contributed by atoms with Gasteiger partial charge < -0.3 is 5.32 Å². The van der Waals surface area contributed by atoms with Gasteiger partial charge in [-0.25, -0.2) is 0 Å². The molecule has 21 heavy (non-hydrogen) atoms. The zero-order valence-corrected chi connectivity index (χ0v) is 14.7. The number of thiophene rings is 1. The average molecular weight is 320 g/mol. The predicted octanol–water partition coefficient (Wildman–Crippen LogP) is 5.43. The molecule has 1 nitrogen and oxygen atoms in total. The number of halogens is 1. The van der Waals surface area contributed by atoms with Crippen LogP contribution >= 0.6 is 22.9 Å². The van der Waals surface area contributed by atoms with Crippen LogP contribution < -0.4 is 5.32 Å². The van der Waals surface area contributed by atoms with Crippen LogP contribution in [-0.4, -0.2) is 0 Å². The highest BCUT2D eigenvalue weighted by Gasteiger charge is 2.38. The molecule has 0 amide bonds. The number of hydrogen-bond donors (Lipinski definition) is 1. The van der Waals surface area contributed by atoms with Crippen molar-refractivity contribution in [2.45, 2.75) is 46.7 Å². The molecule has 1 heterocycles. The summed E-state index contributed by atoms with van der Waals surface area (Å²) < 4.78 is 0. The molecule has 1 N–H and O–H groups in total. The normalized spacial score (nSPS) is 19.8. The molecule has 3 rings (SSSR count). The van der Waals surface area contributed by atoms with Crippen molar-refractivity contribution in [3.05, 3.63) is 55.7 Å².